The monoisotopic (exact) mass is 401 g/mol. The van der Waals surface area contributed by atoms with E-state index in [1.165, 1.54) is 23.6 Å². The number of aromatic nitrogens is 2. The highest BCUT2D eigenvalue weighted by molar-refractivity contribution is 7.99. The van der Waals surface area contributed by atoms with E-state index in [9.17, 15) is 9.90 Å². The maximum atomic E-state index is 12.3. The number of benzene rings is 2. The lowest BCUT2D eigenvalue weighted by Crippen LogP contribution is -2.34. The summed E-state index contributed by atoms with van der Waals surface area (Å²) in [6.45, 7) is 0. The van der Waals surface area contributed by atoms with Crippen LogP contribution >= 0.6 is 11.8 Å². The van der Waals surface area contributed by atoms with Crippen LogP contribution in [0.4, 0.5) is 5.69 Å². The zero-order valence-electron chi connectivity index (χ0n) is 15.4. The highest BCUT2D eigenvalue weighted by Gasteiger charge is 2.21. The van der Waals surface area contributed by atoms with Gasteiger partial charge in [0.05, 0.1) is 25.2 Å². The number of ether oxygens (including phenoxy) is 2. The highest BCUT2D eigenvalue weighted by atomic mass is 32.2. The third-order valence-corrected chi connectivity index (χ3v) is 4.84. The standard InChI is InChI=1S/C19H19N3O5S/c1-25-14-8-9-16(26-2)15(12-14)20-17(23)10-11-28-18-19(24)27-21-22(18)13-6-4-3-5-7-13/h3-9,12H,10-11H2,1-2H3,(H-,20,21,23,24). The van der Waals surface area contributed by atoms with Crippen LogP contribution < -0.4 is 24.6 Å². The molecule has 9 heteroatoms. The average Bonchev–Trinajstić information content (AvgIpc) is 3.09. The van der Waals surface area contributed by atoms with Gasteiger partial charge < -0.3 is 24.4 Å². The number of anilines is 1. The van der Waals surface area contributed by atoms with Gasteiger partial charge in [0.15, 0.2) is 5.95 Å². The van der Waals surface area contributed by atoms with Crippen LogP contribution in [-0.4, -0.2) is 31.2 Å². The van der Waals surface area contributed by atoms with Gasteiger partial charge in [-0.2, -0.15) is 0 Å². The van der Waals surface area contributed by atoms with Crippen LogP contribution in [0.15, 0.2) is 58.1 Å². The van der Waals surface area contributed by atoms with Gasteiger partial charge in [-0.3, -0.25) is 4.79 Å². The topological polar surface area (TPSA) is 101 Å². The van der Waals surface area contributed by atoms with Gasteiger partial charge in [-0.1, -0.05) is 30.0 Å². The Labute approximate surface area is 166 Å². The molecule has 0 saturated heterocycles. The number of amides is 1. The summed E-state index contributed by atoms with van der Waals surface area (Å²) in [6, 6.07) is 14.3. The Morgan fingerprint density at radius 3 is 2.71 bits per heavy atom. The van der Waals surface area contributed by atoms with Crippen molar-refractivity contribution in [3.8, 4) is 23.1 Å². The molecule has 1 N–H and O–H groups in total. The Bertz CT molecular complexity index is 946. The zero-order chi connectivity index (χ0) is 19.9. The van der Waals surface area contributed by atoms with Crippen molar-refractivity contribution in [2.45, 2.75) is 11.4 Å². The average molecular weight is 401 g/mol. The molecule has 0 radical (unpaired) electrons. The van der Waals surface area contributed by atoms with Crippen molar-refractivity contribution in [3.05, 3.63) is 48.5 Å². The van der Waals surface area contributed by atoms with Crippen LogP contribution in [0.5, 0.6) is 17.4 Å². The maximum Gasteiger partial charge on any atom is 0.297 e. The van der Waals surface area contributed by atoms with Crippen LogP contribution in [0.25, 0.3) is 5.69 Å². The van der Waals surface area contributed by atoms with Gasteiger partial charge in [0.1, 0.15) is 11.5 Å². The molecule has 0 bridgehead atoms. The lowest BCUT2D eigenvalue weighted by molar-refractivity contribution is -0.705. The fraction of sp³-hybridized carbons (Fsp3) is 0.211. The van der Waals surface area contributed by atoms with E-state index in [0.717, 1.165) is 0 Å². The smallest absolute Gasteiger partial charge is 0.297 e. The number of carbonyl (C=O) groups excluding carboxylic acids is 1. The SMILES string of the molecule is COc1ccc(OC)c(NC(=O)CCSc2c([O-])on[n+]2-c2ccccc2)c1. The van der Waals surface area contributed by atoms with E-state index in [-0.39, 0.29) is 12.3 Å². The molecule has 2 aromatic carbocycles. The van der Waals surface area contributed by atoms with Gasteiger partial charge in [0, 0.05) is 30.4 Å². The normalized spacial score (nSPS) is 10.5. The van der Waals surface area contributed by atoms with Crippen LogP contribution in [0.3, 0.4) is 0 Å². The molecule has 0 unspecified atom stereocenters. The Kier molecular flexibility index (Phi) is 6.38. The number of nitrogens with one attached hydrogen (secondary N) is 1. The molecule has 0 fully saturated rings. The third-order valence-electron chi connectivity index (χ3n) is 3.82. The summed E-state index contributed by atoms with van der Waals surface area (Å²) < 4.78 is 16.6. The minimum atomic E-state index is -0.538. The zero-order valence-corrected chi connectivity index (χ0v) is 16.2. The van der Waals surface area contributed by atoms with Crippen LogP contribution in [0.2, 0.25) is 0 Å². The van der Waals surface area contributed by atoms with E-state index in [0.29, 0.717) is 33.7 Å². The van der Waals surface area contributed by atoms with Gasteiger partial charge in [-0.25, -0.2) is 0 Å². The van der Waals surface area contributed by atoms with Crippen molar-refractivity contribution in [3.63, 3.8) is 0 Å². The molecule has 1 heterocycles. The van der Waals surface area contributed by atoms with E-state index in [2.05, 4.69) is 10.6 Å². The van der Waals surface area contributed by atoms with E-state index >= 15 is 0 Å². The predicted octanol–water partition coefficient (Wildman–Crippen LogP) is 2.16. The molecule has 0 saturated carbocycles. The largest absolute Gasteiger partial charge is 0.538 e. The van der Waals surface area contributed by atoms with E-state index in [4.69, 9.17) is 14.0 Å². The third kappa shape index (κ3) is 4.55. The number of nitrogens with zero attached hydrogens (tertiary/aromatic N) is 2. The quantitative estimate of drug-likeness (QED) is 0.456. The Balaban J connectivity index is 1.62. The number of methoxy groups -OCH3 is 2. The summed E-state index contributed by atoms with van der Waals surface area (Å²) in [6.07, 6.45) is 0.185. The van der Waals surface area contributed by atoms with E-state index < -0.39 is 5.95 Å². The molecule has 1 aromatic heterocycles. The summed E-state index contributed by atoms with van der Waals surface area (Å²) in [7, 11) is 3.07. The summed E-state index contributed by atoms with van der Waals surface area (Å²) in [5, 5.41) is 18.8. The second kappa shape index (κ2) is 9.14. The van der Waals surface area contributed by atoms with Crippen LogP contribution in [0.1, 0.15) is 6.42 Å². The van der Waals surface area contributed by atoms with Gasteiger partial charge >= 0.3 is 0 Å². The Hall–Kier alpha value is -3.20. The van der Waals surface area contributed by atoms with Crippen molar-refractivity contribution in [2.75, 3.05) is 25.3 Å². The number of hydrogen-bond donors (Lipinski definition) is 1. The summed E-state index contributed by atoms with van der Waals surface area (Å²) in [4.78, 5) is 12.3. The minimum Gasteiger partial charge on any atom is -0.538 e. The molecule has 0 atom stereocenters. The number of thioether (sulfide) groups is 1. The molecule has 0 aliphatic carbocycles. The second-order valence-corrected chi connectivity index (χ2v) is 6.71. The second-order valence-electron chi connectivity index (χ2n) is 5.63. The molecule has 0 aliphatic heterocycles. The Morgan fingerprint density at radius 1 is 1.21 bits per heavy atom. The molecule has 146 valence electrons. The summed E-state index contributed by atoms with van der Waals surface area (Å²) >= 11 is 1.21. The Morgan fingerprint density at radius 2 is 2.00 bits per heavy atom. The number of rotatable bonds is 8. The van der Waals surface area contributed by atoms with Crippen LogP contribution in [0, 0.1) is 0 Å². The molecule has 28 heavy (non-hydrogen) atoms. The number of carbonyl (C=O) groups is 1. The van der Waals surface area contributed by atoms with Crippen molar-refractivity contribution >= 4 is 23.4 Å². The molecule has 3 rings (SSSR count). The summed E-state index contributed by atoms with van der Waals surface area (Å²) in [5.74, 6) is 0.763. The van der Waals surface area contributed by atoms with Crippen molar-refractivity contribution in [1.82, 2.24) is 5.27 Å². The first-order valence-electron chi connectivity index (χ1n) is 8.41. The molecule has 8 nitrogen and oxygen atoms in total. The van der Waals surface area contributed by atoms with E-state index in [1.54, 1.807) is 25.3 Å². The van der Waals surface area contributed by atoms with Gasteiger partial charge in [0.25, 0.3) is 5.03 Å². The van der Waals surface area contributed by atoms with Gasteiger partial charge in [-0.05, 0) is 16.8 Å². The number of hydrogen-bond acceptors (Lipinski definition) is 7. The van der Waals surface area contributed by atoms with Crippen molar-refractivity contribution in [1.29, 1.82) is 0 Å². The summed E-state index contributed by atoms with van der Waals surface area (Å²) in [5.41, 5.74) is 1.23. The van der Waals surface area contributed by atoms with Gasteiger partial charge in [-0.15, -0.1) is 0 Å². The molecule has 1 amide bonds. The first kappa shape index (κ1) is 19.6. The number of para-hydroxylation sites is 1. The van der Waals surface area contributed by atoms with Gasteiger partial charge in [0.2, 0.25) is 11.6 Å². The maximum absolute atomic E-state index is 12.3. The molecule has 0 spiro atoms. The molecular weight excluding hydrogens is 382 g/mol. The van der Waals surface area contributed by atoms with Crippen LogP contribution in [-0.2, 0) is 4.79 Å². The fourth-order valence-electron chi connectivity index (χ4n) is 2.46. The first-order chi connectivity index (χ1) is 13.6. The van der Waals surface area contributed by atoms with Crippen molar-refractivity contribution < 1.29 is 28.6 Å². The minimum absolute atomic E-state index is 0.185. The molecule has 0 aliphatic rings. The molecule has 3 aromatic rings. The predicted molar refractivity (Wildman–Crippen MR) is 101 cm³/mol. The lowest BCUT2D eigenvalue weighted by atomic mass is 10.2. The lowest BCUT2D eigenvalue weighted by Gasteiger charge is -2.11. The molecular formula is C19H19N3O5S. The fourth-order valence-corrected chi connectivity index (χ4v) is 3.36. The highest BCUT2D eigenvalue weighted by Crippen LogP contribution is 2.29. The van der Waals surface area contributed by atoms with E-state index in [1.807, 2.05) is 30.3 Å². The first-order valence-corrected chi connectivity index (χ1v) is 9.40. The van der Waals surface area contributed by atoms with Crippen molar-refractivity contribution in [2.24, 2.45) is 0 Å².